The zero-order chi connectivity index (χ0) is 15.4. The van der Waals surface area contributed by atoms with Crippen LogP contribution in [0.15, 0.2) is 41.5 Å². The van der Waals surface area contributed by atoms with E-state index in [0.29, 0.717) is 26.2 Å². The Hall–Kier alpha value is -1.55. The summed E-state index contributed by atoms with van der Waals surface area (Å²) in [6, 6.07) is 10.3. The van der Waals surface area contributed by atoms with Crippen LogP contribution in [0.25, 0.3) is 0 Å². The third kappa shape index (κ3) is 3.97. The number of hydrazone groups is 1. The SMILES string of the molecule is Cc1ccc(C(=O)N/N=C\c2c(Cl)cccc2Cl)c(Cl)c1. The summed E-state index contributed by atoms with van der Waals surface area (Å²) < 4.78 is 0. The average molecular weight is 342 g/mol. The number of amides is 1. The van der Waals surface area contributed by atoms with Gasteiger partial charge in [0.1, 0.15) is 0 Å². The monoisotopic (exact) mass is 340 g/mol. The molecule has 6 heteroatoms. The standard InChI is InChI=1S/C15H11Cl3N2O/c1-9-5-6-10(14(18)7-9)15(21)20-19-8-11-12(16)3-2-4-13(11)17/h2-8H,1H3,(H,20,21)/b19-8-. The predicted octanol–water partition coefficient (Wildman–Crippen LogP) is 4.72. The number of benzene rings is 2. The summed E-state index contributed by atoms with van der Waals surface area (Å²) in [5.41, 5.74) is 4.26. The summed E-state index contributed by atoms with van der Waals surface area (Å²) in [6.07, 6.45) is 1.39. The summed E-state index contributed by atoms with van der Waals surface area (Å²) in [6.45, 7) is 1.89. The first kappa shape index (κ1) is 15.8. The van der Waals surface area contributed by atoms with Gasteiger partial charge < -0.3 is 0 Å². The summed E-state index contributed by atoms with van der Waals surface area (Å²) >= 11 is 18.0. The molecule has 2 aromatic rings. The second-order valence-electron chi connectivity index (χ2n) is 4.32. The molecule has 0 saturated heterocycles. The van der Waals surface area contributed by atoms with Crippen molar-refractivity contribution in [2.45, 2.75) is 6.92 Å². The second-order valence-corrected chi connectivity index (χ2v) is 5.54. The van der Waals surface area contributed by atoms with Crippen molar-refractivity contribution in [2.75, 3.05) is 0 Å². The van der Waals surface area contributed by atoms with Crippen LogP contribution in [0.2, 0.25) is 15.1 Å². The average Bonchev–Trinajstić information content (AvgIpc) is 2.42. The third-order valence-corrected chi connectivity index (χ3v) is 3.70. The third-order valence-electron chi connectivity index (χ3n) is 2.73. The van der Waals surface area contributed by atoms with Crippen LogP contribution >= 0.6 is 34.8 Å². The molecule has 108 valence electrons. The fourth-order valence-corrected chi connectivity index (χ4v) is 2.47. The van der Waals surface area contributed by atoms with Gasteiger partial charge in [0.15, 0.2) is 0 Å². The highest BCUT2D eigenvalue weighted by Crippen LogP contribution is 2.22. The predicted molar refractivity (Wildman–Crippen MR) is 87.7 cm³/mol. The van der Waals surface area contributed by atoms with Gasteiger partial charge in [-0.2, -0.15) is 5.10 Å². The van der Waals surface area contributed by atoms with Crippen molar-refractivity contribution in [1.29, 1.82) is 0 Å². The molecule has 0 heterocycles. The van der Waals surface area contributed by atoms with Crippen molar-refractivity contribution in [2.24, 2.45) is 5.10 Å². The van der Waals surface area contributed by atoms with Crippen molar-refractivity contribution in [3.8, 4) is 0 Å². The molecule has 2 rings (SSSR count). The molecular formula is C15H11Cl3N2O. The molecule has 1 N–H and O–H groups in total. The Morgan fingerprint density at radius 2 is 1.76 bits per heavy atom. The van der Waals surface area contributed by atoms with E-state index in [0.717, 1.165) is 5.56 Å². The first-order valence-electron chi connectivity index (χ1n) is 6.02. The Morgan fingerprint density at radius 3 is 2.38 bits per heavy atom. The van der Waals surface area contributed by atoms with Gasteiger partial charge in [-0.15, -0.1) is 0 Å². The Morgan fingerprint density at radius 1 is 1.10 bits per heavy atom. The Kier molecular flexibility index (Phi) is 5.23. The van der Waals surface area contributed by atoms with Crippen molar-refractivity contribution in [3.05, 3.63) is 68.2 Å². The van der Waals surface area contributed by atoms with Gasteiger partial charge in [-0.25, -0.2) is 5.43 Å². The number of hydrogen-bond acceptors (Lipinski definition) is 2. The molecule has 0 saturated carbocycles. The van der Waals surface area contributed by atoms with Gasteiger partial charge in [0, 0.05) is 5.56 Å². The number of nitrogens with one attached hydrogen (secondary N) is 1. The van der Waals surface area contributed by atoms with Gasteiger partial charge in [0.2, 0.25) is 0 Å². The Labute approximate surface area is 137 Å². The molecule has 2 aromatic carbocycles. The fraction of sp³-hybridized carbons (Fsp3) is 0.0667. The van der Waals surface area contributed by atoms with Gasteiger partial charge in [0.05, 0.1) is 26.8 Å². The van der Waals surface area contributed by atoms with Gasteiger partial charge in [-0.05, 0) is 36.8 Å². The van der Waals surface area contributed by atoms with E-state index in [1.165, 1.54) is 6.21 Å². The molecule has 0 spiro atoms. The molecule has 0 atom stereocenters. The smallest absolute Gasteiger partial charge is 0.267 e. The molecule has 0 aliphatic rings. The quantitative estimate of drug-likeness (QED) is 0.637. The summed E-state index contributed by atoms with van der Waals surface area (Å²) in [5, 5.41) is 5.13. The largest absolute Gasteiger partial charge is 0.272 e. The maximum atomic E-state index is 12.0. The number of halogens is 3. The molecule has 0 aliphatic heterocycles. The number of nitrogens with zero attached hydrogens (tertiary/aromatic N) is 1. The topological polar surface area (TPSA) is 41.5 Å². The van der Waals surface area contributed by atoms with E-state index in [-0.39, 0.29) is 0 Å². The maximum absolute atomic E-state index is 12.0. The zero-order valence-electron chi connectivity index (χ0n) is 11.0. The van der Waals surface area contributed by atoms with E-state index in [1.807, 2.05) is 6.92 Å². The highest BCUT2D eigenvalue weighted by molar-refractivity contribution is 6.38. The van der Waals surface area contributed by atoms with E-state index in [4.69, 9.17) is 34.8 Å². The van der Waals surface area contributed by atoms with Gasteiger partial charge >= 0.3 is 0 Å². The van der Waals surface area contributed by atoms with Gasteiger partial charge in [0.25, 0.3) is 5.91 Å². The highest BCUT2D eigenvalue weighted by Gasteiger charge is 2.09. The summed E-state index contributed by atoms with van der Waals surface area (Å²) in [7, 11) is 0. The molecule has 0 fully saturated rings. The first-order chi connectivity index (χ1) is 9.99. The normalized spacial score (nSPS) is 10.9. The van der Waals surface area contributed by atoms with E-state index in [2.05, 4.69) is 10.5 Å². The molecule has 3 nitrogen and oxygen atoms in total. The number of carbonyl (C=O) groups is 1. The molecule has 0 bridgehead atoms. The van der Waals surface area contributed by atoms with Crippen molar-refractivity contribution >= 4 is 46.9 Å². The van der Waals surface area contributed by atoms with Gasteiger partial charge in [-0.3, -0.25) is 4.79 Å². The molecule has 1 amide bonds. The van der Waals surface area contributed by atoms with E-state index in [9.17, 15) is 4.79 Å². The number of carbonyl (C=O) groups excluding carboxylic acids is 1. The second kappa shape index (κ2) is 6.94. The van der Waals surface area contributed by atoms with Crippen LogP contribution in [0, 0.1) is 6.92 Å². The minimum Gasteiger partial charge on any atom is -0.267 e. The number of aryl methyl sites for hydroxylation is 1. The van der Waals surface area contributed by atoms with Gasteiger partial charge in [-0.1, -0.05) is 46.9 Å². The maximum Gasteiger partial charge on any atom is 0.272 e. The lowest BCUT2D eigenvalue weighted by Crippen LogP contribution is -2.18. The Balaban J connectivity index is 2.12. The lowest BCUT2D eigenvalue weighted by atomic mass is 10.1. The van der Waals surface area contributed by atoms with Crippen LogP contribution in [-0.2, 0) is 0 Å². The highest BCUT2D eigenvalue weighted by atomic mass is 35.5. The van der Waals surface area contributed by atoms with E-state index in [1.54, 1.807) is 36.4 Å². The zero-order valence-corrected chi connectivity index (χ0v) is 13.3. The van der Waals surface area contributed by atoms with Crippen LogP contribution in [0.1, 0.15) is 21.5 Å². The fourth-order valence-electron chi connectivity index (χ4n) is 1.65. The van der Waals surface area contributed by atoms with Crippen LogP contribution in [-0.4, -0.2) is 12.1 Å². The molecule has 21 heavy (non-hydrogen) atoms. The van der Waals surface area contributed by atoms with Crippen molar-refractivity contribution in [3.63, 3.8) is 0 Å². The number of rotatable bonds is 3. The molecule has 0 aromatic heterocycles. The van der Waals surface area contributed by atoms with E-state index < -0.39 is 5.91 Å². The van der Waals surface area contributed by atoms with Crippen molar-refractivity contribution in [1.82, 2.24) is 5.43 Å². The lowest BCUT2D eigenvalue weighted by molar-refractivity contribution is 0.0955. The molecule has 0 aliphatic carbocycles. The first-order valence-corrected chi connectivity index (χ1v) is 7.16. The molecular weight excluding hydrogens is 331 g/mol. The Bertz CT molecular complexity index is 694. The van der Waals surface area contributed by atoms with Crippen LogP contribution in [0.5, 0.6) is 0 Å². The van der Waals surface area contributed by atoms with Crippen LogP contribution in [0.3, 0.4) is 0 Å². The molecule has 0 unspecified atom stereocenters. The van der Waals surface area contributed by atoms with Crippen molar-refractivity contribution < 1.29 is 4.79 Å². The summed E-state index contributed by atoms with van der Waals surface area (Å²) in [5.74, 6) is -0.403. The number of hydrogen-bond donors (Lipinski definition) is 1. The minimum absolute atomic E-state index is 0.352. The minimum atomic E-state index is -0.403. The molecule has 0 radical (unpaired) electrons. The summed E-state index contributed by atoms with van der Waals surface area (Å²) in [4.78, 5) is 12.0. The van der Waals surface area contributed by atoms with E-state index >= 15 is 0 Å². The lowest BCUT2D eigenvalue weighted by Gasteiger charge is -2.04. The van der Waals surface area contributed by atoms with Crippen LogP contribution < -0.4 is 5.43 Å². The van der Waals surface area contributed by atoms with Crippen LogP contribution in [0.4, 0.5) is 0 Å².